The van der Waals surface area contributed by atoms with Gasteiger partial charge in [-0.3, -0.25) is 10.8 Å². The summed E-state index contributed by atoms with van der Waals surface area (Å²) in [5.41, 5.74) is 5.31. The molecule has 2 rings (SSSR count). The molecule has 0 saturated heterocycles. The highest BCUT2D eigenvalue weighted by molar-refractivity contribution is 6.35. The first-order valence-corrected chi connectivity index (χ1v) is 5.18. The van der Waals surface area contributed by atoms with E-state index < -0.39 is 0 Å². The number of nitrogens with zero attached hydrogens (tertiary/aromatic N) is 1. The Bertz CT molecular complexity index is 496. The number of benzene rings is 1. The van der Waals surface area contributed by atoms with Crippen LogP contribution in [0.3, 0.4) is 0 Å². The second kappa shape index (κ2) is 4.04. The van der Waals surface area contributed by atoms with Crippen LogP contribution in [0.25, 0.3) is 10.9 Å². The van der Waals surface area contributed by atoms with Crippen LogP contribution in [0.2, 0.25) is 5.02 Å². The highest BCUT2D eigenvalue weighted by Crippen LogP contribution is 2.27. The van der Waals surface area contributed by atoms with Crippen LogP contribution >= 0.6 is 11.6 Å². The van der Waals surface area contributed by atoms with E-state index in [2.05, 4.69) is 10.4 Å². The summed E-state index contributed by atoms with van der Waals surface area (Å²) in [5.74, 6) is 5.47. The van der Waals surface area contributed by atoms with Crippen LogP contribution in [0, 0.1) is 0 Å². The Kier molecular flexibility index (Phi) is 2.75. The van der Waals surface area contributed by atoms with Gasteiger partial charge in [0.15, 0.2) is 0 Å². The van der Waals surface area contributed by atoms with E-state index in [1.165, 1.54) is 0 Å². The van der Waals surface area contributed by atoms with Crippen LogP contribution in [0.15, 0.2) is 24.3 Å². The fraction of sp³-hybridized carbons (Fsp3) is 0.182. The second-order valence-corrected chi connectivity index (χ2v) is 3.70. The molecule has 78 valence electrons. The molecule has 0 bridgehead atoms. The lowest BCUT2D eigenvalue weighted by Crippen LogP contribution is -2.08. The minimum atomic E-state index is 0.652. The summed E-state index contributed by atoms with van der Waals surface area (Å²) in [7, 11) is 0. The zero-order chi connectivity index (χ0) is 10.8. The third-order valence-corrected chi connectivity index (χ3v) is 2.67. The van der Waals surface area contributed by atoms with E-state index >= 15 is 0 Å². The number of hydrogen-bond acceptors (Lipinski definition) is 3. The van der Waals surface area contributed by atoms with Crippen molar-refractivity contribution in [1.29, 1.82) is 0 Å². The van der Waals surface area contributed by atoms with Gasteiger partial charge in [0.25, 0.3) is 0 Å². The van der Waals surface area contributed by atoms with Gasteiger partial charge in [-0.15, -0.1) is 0 Å². The van der Waals surface area contributed by atoms with Crippen molar-refractivity contribution in [2.75, 3.05) is 5.43 Å². The van der Waals surface area contributed by atoms with Gasteiger partial charge in [0, 0.05) is 11.1 Å². The predicted octanol–water partition coefficient (Wildman–Crippen LogP) is 2.74. The predicted molar refractivity (Wildman–Crippen MR) is 63.9 cm³/mol. The molecule has 0 fully saturated rings. The molecule has 0 atom stereocenters. The van der Waals surface area contributed by atoms with Gasteiger partial charge in [-0.2, -0.15) is 0 Å². The summed E-state index contributed by atoms with van der Waals surface area (Å²) >= 11 is 6.08. The summed E-state index contributed by atoms with van der Waals surface area (Å²) in [5, 5.41) is 1.60. The highest BCUT2D eigenvalue weighted by Gasteiger charge is 2.06. The highest BCUT2D eigenvalue weighted by atomic mass is 35.5. The number of nitrogens with one attached hydrogen (secondary N) is 1. The van der Waals surface area contributed by atoms with E-state index in [-0.39, 0.29) is 0 Å². The van der Waals surface area contributed by atoms with Crippen LogP contribution in [0.5, 0.6) is 0 Å². The van der Waals surface area contributed by atoms with E-state index in [4.69, 9.17) is 17.4 Å². The van der Waals surface area contributed by atoms with Gasteiger partial charge in [0.05, 0.1) is 16.2 Å². The third-order valence-electron chi connectivity index (χ3n) is 2.36. The number of aryl methyl sites for hydroxylation is 1. The van der Waals surface area contributed by atoms with E-state index in [0.717, 1.165) is 28.7 Å². The molecule has 3 N–H and O–H groups in total. The van der Waals surface area contributed by atoms with Crippen LogP contribution in [-0.4, -0.2) is 4.98 Å². The molecule has 0 aliphatic heterocycles. The van der Waals surface area contributed by atoms with Crippen molar-refractivity contribution in [3.63, 3.8) is 0 Å². The van der Waals surface area contributed by atoms with Crippen molar-refractivity contribution in [2.45, 2.75) is 13.3 Å². The van der Waals surface area contributed by atoms with Crippen molar-refractivity contribution in [2.24, 2.45) is 5.84 Å². The van der Waals surface area contributed by atoms with Crippen molar-refractivity contribution in [1.82, 2.24) is 4.98 Å². The average molecular weight is 222 g/mol. The molecule has 4 heteroatoms. The first-order chi connectivity index (χ1) is 7.26. The number of rotatable bonds is 2. The Balaban J connectivity index is 2.80. The molecule has 2 aromatic rings. The zero-order valence-electron chi connectivity index (χ0n) is 8.42. The van der Waals surface area contributed by atoms with E-state index in [9.17, 15) is 0 Å². The van der Waals surface area contributed by atoms with Gasteiger partial charge in [0.2, 0.25) is 0 Å². The van der Waals surface area contributed by atoms with E-state index in [1.807, 2.05) is 31.2 Å². The van der Waals surface area contributed by atoms with Crippen molar-refractivity contribution >= 4 is 28.2 Å². The Labute approximate surface area is 93.2 Å². The second-order valence-electron chi connectivity index (χ2n) is 3.30. The first kappa shape index (κ1) is 10.2. The molecule has 1 heterocycles. The molecule has 0 amide bonds. The van der Waals surface area contributed by atoms with Gasteiger partial charge in [-0.25, -0.2) is 0 Å². The van der Waals surface area contributed by atoms with Crippen LogP contribution in [0.4, 0.5) is 5.69 Å². The lowest BCUT2D eigenvalue weighted by Gasteiger charge is -2.08. The molecule has 1 aromatic carbocycles. The number of para-hydroxylation sites is 1. The average Bonchev–Trinajstić information content (AvgIpc) is 2.28. The van der Waals surface area contributed by atoms with Crippen LogP contribution in [-0.2, 0) is 6.42 Å². The minimum absolute atomic E-state index is 0.652. The molecule has 0 aliphatic carbocycles. The topological polar surface area (TPSA) is 50.9 Å². The monoisotopic (exact) mass is 221 g/mol. The maximum atomic E-state index is 6.08. The Hall–Kier alpha value is -1.32. The zero-order valence-corrected chi connectivity index (χ0v) is 9.17. The van der Waals surface area contributed by atoms with Gasteiger partial charge >= 0.3 is 0 Å². The summed E-state index contributed by atoms with van der Waals surface area (Å²) in [6, 6.07) is 7.61. The minimum Gasteiger partial charge on any atom is -0.323 e. The Morgan fingerprint density at radius 1 is 1.47 bits per heavy atom. The molecular formula is C11H12ClN3. The molecule has 0 saturated carbocycles. The van der Waals surface area contributed by atoms with Gasteiger partial charge < -0.3 is 5.43 Å². The quantitative estimate of drug-likeness (QED) is 0.606. The fourth-order valence-corrected chi connectivity index (χ4v) is 1.78. The summed E-state index contributed by atoms with van der Waals surface area (Å²) in [4.78, 5) is 4.47. The largest absolute Gasteiger partial charge is 0.323 e. The maximum absolute atomic E-state index is 6.08. The normalized spacial score (nSPS) is 10.6. The number of hydrazine groups is 1. The number of nitrogen functional groups attached to an aromatic ring is 1. The molecule has 0 radical (unpaired) electrons. The van der Waals surface area contributed by atoms with Gasteiger partial charge in [-0.05, 0) is 18.6 Å². The smallest absolute Gasteiger partial charge is 0.0912 e. The molecule has 0 aliphatic rings. The number of halogens is 1. The molecule has 15 heavy (non-hydrogen) atoms. The third kappa shape index (κ3) is 1.76. The number of aromatic nitrogens is 1. The molecule has 0 unspecified atom stereocenters. The number of nitrogens with two attached hydrogens (primary N) is 1. The standard InChI is InChI=1S/C11H12ClN3/c1-2-7-6-10(15-13)8-4-3-5-9(12)11(8)14-7/h3-6H,2,13H2,1H3,(H,14,15). The number of anilines is 1. The first-order valence-electron chi connectivity index (χ1n) is 4.81. The van der Waals surface area contributed by atoms with E-state index in [0.29, 0.717) is 5.02 Å². The molecular weight excluding hydrogens is 210 g/mol. The van der Waals surface area contributed by atoms with E-state index in [1.54, 1.807) is 0 Å². The molecule has 3 nitrogen and oxygen atoms in total. The number of hydrogen-bond donors (Lipinski definition) is 2. The maximum Gasteiger partial charge on any atom is 0.0912 e. The molecule has 1 aromatic heterocycles. The fourth-order valence-electron chi connectivity index (χ4n) is 1.57. The van der Waals surface area contributed by atoms with Crippen molar-refractivity contribution in [3.8, 4) is 0 Å². The summed E-state index contributed by atoms with van der Waals surface area (Å²) < 4.78 is 0. The van der Waals surface area contributed by atoms with Crippen LogP contribution < -0.4 is 11.3 Å². The Morgan fingerprint density at radius 2 is 2.27 bits per heavy atom. The number of pyridine rings is 1. The summed E-state index contributed by atoms with van der Waals surface area (Å²) in [6.07, 6.45) is 0.857. The lowest BCUT2D eigenvalue weighted by molar-refractivity contribution is 1.06. The SMILES string of the molecule is CCc1cc(NN)c2cccc(Cl)c2n1. The van der Waals surface area contributed by atoms with Crippen molar-refractivity contribution in [3.05, 3.63) is 35.0 Å². The van der Waals surface area contributed by atoms with Crippen LogP contribution in [0.1, 0.15) is 12.6 Å². The van der Waals surface area contributed by atoms with Gasteiger partial charge in [0.1, 0.15) is 0 Å². The summed E-state index contributed by atoms with van der Waals surface area (Å²) in [6.45, 7) is 2.05. The van der Waals surface area contributed by atoms with Gasteiger partial charge in [-0.1, -0.05) is 30.7 Å². The Morgan fingerprint density at radius 3 is 2.93 bits per heavy atom. The molecule has 0 spiro atoms. The lowest BCUT2D eigenvalue weighted by atomic mass is 10.1. The van der Waals surface area contributed by atoms with Crippen molar-refractivity contribution < 1.29 is 0 Å². The number of fused-ring (bicyclic) bond motifs is 1.